The number of rotatable bonds is 6. The van der Waals surface area contributed by atoms with Gasteiger partial charge in [0.25, 0.3) is 11.8 Å². The lowest BCUT2D eigenvalue weighted by molar-refractivity contribution is -0.168. The number of aliphatic hydroxyl groups excluding tert-OH is 1. The number of amides is 2. The first-order valence-electron chi connectivity index (χ1n) is 12.9. The molecule has 6 rings (SSSR count). The molecule has 0 bridgehead atoms. The van der Waals surface area contributed by atoms with Gasteiger partial charge in [0, 0.05) is 32.2 Å². The fraction of sp³-hybridized carbons (Fsp3) is 0.407. The van der Waals surface area contributed by atoms with E-state index in [2.05, 4.69) is 10.3 Å². The number of aromatic nitrogens is 3. The molecule has 0 spiro atoms. The van der Waals surface area contributed by atoms with Gasteiger partial charge in [-0.25, -0.2) is 9.07 Å². The first kappa shape index (κ1) is 25.6. The Hall–Kier alpha value is -3.71. The van der Waals surface area contributed by atoms with E-state index >= 15 is 4.39 Å². The maximum atomic E-state index is 15.2. The summed E-state index contributed by atoms with van der Waals surface area (Å²) in [6, 6.07) is 11.5. The number of fused-ring (bicyclic) bond motifs is 1. The molecular formula is C27H29FN6O5. The fourth-order valence-electron chi connectivity index (χ4n) is 5.26. The Bertz CT molecular complexity index is 1380. The van der Waals surface area contributed by atoms with Gasteiger partial charge in [0.2, 0.25) is 0 Å². The number of imide groups is 1. The third kappa shape index (κ3) is 4.80. The third-order valence-corrected chi connectivity index (χ3v) is 7.33. The molecule has 2 saturated heterocycles. The van der Waals surface area contributed by atoms with Crippen LogP contribution in [0.5, 0.6) is 0 Å². The number of ether oxygens (including phenoxy) is 2. The van der Waals surface area contributed by atoms with E-state index in [1.54, 1.807) is 42.6 Å². The van der Waals surface area contributed by atoms with Crippen molar-refractivity contribution in [3.05, 3.63) is 71.3 Å². The Morgan fingerprint density at radius 2 is 1.77 bits per heavy atom. The van der Waals surface area contributed by atoms with Crippen molar-refractivity contribution in [1.82, 2.24) is 24.8 Å². The summed E-state index contributed by atoms with van der Waals surface area (Å²) in [5.41, 5.74) is 2.07. The molecule has 39 heavy (non-hydrogen) atoms. The zero-order valence-corrected chi connectivity index (χ0v) is 21.7. The SMILES string of the molecule is CC1(C)OCC(C(O)N2CCN(c3ccc(-n4cc(CN5C(=O)c6ccccc6C5=O)nn4)cc3F)CC2)O1. The number of halogens is 1. The van der Waals surface area contributed by atoms with Gasteiger partial charge in [-0.2, -0.15) is 0 Å². The number of nitrogens with zero attached hydrogens (tertiary/aromatic N) is 6. The van der Waals surface area contributed by atoms with Gasteiger partial charge in [0.05, 0.1) is 41.9 Å². The molecule has 11 nitrogen and oxygen atoms in total. The Balaban J connectivity index is 1.09. The molecule has 0 aliphatic carbocycles. The lowest BCUT2D eigenvalue weighted by Gasteiger charge is -2.39. The second kappa shape index (κ2) is 9.79. The van der Waals surface area contributed by atoms with E-state index < -0.39 is 23.9 Å². The van der Waals surface area contributed by atoms with Crippen LogP contribution in [0.15, 0.2) is 48.7 Å². The van der Waals surface area contributed by atoms with Gasteiger partial charge in [0.1, 0.15) is 23.8 Å². The number of anilines is 1. The number of benzene rings is 2. The van der Waals surface area contributed by atoms with Crippen molar-refractivity contribution in [2.75, 3.05) is 37.7 Å². The van der Waals surface area contributed by atoms with Crippen LogP contribution in [0.3, 0.4) is 0 Å². The van der Waals surface area contributed by atoms with Crippen LogP contribution in [0.2, 0.25) is 0 Å². The molecule has 4 heterocycles. The maximum Gasteiger partial charge on any atom is 0.261 e. The average molecular weight is 537 g/mol. The first-order chi connectivity index (χ1) is 18.7. The molecular weight excluding hydrogens is 507 g/mol. The standard InChI is InChI=1S/C27H29FN6O5/c1-27(2)38-16-23(39-27)26(37)32-11-9-31(10-12-32)22-8-7-18(13-21(22)28)34-15-17(29-30-34)14-33-24(35)19-5-3-4-6-20(19)25(33)36/h3-8,13,15,23,26,37H,9-12,14,16H2,1-2H3. The minimum absolute atomic E-state index is 0.0292. The summed E-state index contributed by atoms with van der Waals surface area (Å²) in [6.45, 7) is 6.11. The number of hydrogen-bond acceptors (Lipinski definition) is 9. The summed E-state index contributed by atoms with van der Waals surface area (Å²) < 4.78 is 28.0. The Labute approximate surface area is 224 Å². The van der Waals surface area contributed by atoms with Crippen molar-refractivity contribution in [2.45, 2.75) is 38.5 Å². The van der Waals surface area contributed by atoms with E-state index in [4.69, 9.17) is 9.47 Å². The number of piperazine rings is 1. The molecule has 0 radical (unpaired) electrons. The molecule has 0 saturated carbocycles. The third-order valence-electron chi connectivity index (χ3n) is 7.33. The largest absolute Gasteiger partial charge is 0.376 e. The molecule has 3 aliphatic rings. The van der Waals surface area contributed by atoms with E-state index in [0.29, 0.717) is 61.0 Å². The van der Waals surface area contributed by atoms with Crippen molar-refractivity contribution >= 4 is 17.5 Å². The normalized spacial score (nSPS) is 22.0. The maximum absolute atomic E-state index is 15.2. The van der Waals surface area contributed by atoms with Crippen LogP contribution in [0.25, 0.3) is 5.69 Å². The van der Waals surface area contributed by atoms with E-state index in [9.17, 15) is 14.7 Å². The van der Waals surface area contributed by atoms with Crippen LogP contribution in [0.1, 0.15) is 40.3 Å². The van der Waals surface area contributed by atoms with Crippen molar-refractivity contribution in [3.8, 4) is 5.69 Å². The summed E-state index contributed by atoms with van der Waals surface area (Å²) >= 11 is 0. The summed E-state index contributed by atoms with van der Waals surface area (Å²) in [5, 5.41) is 18.9. The predicted molar refractivity (Wildman–Crippen MR) is 137 cm³/mol. The van der Waals surface area contributed by atoms with E-state index in [1.165, 1.54) is 10.7 Å². The summed E-state index contributed by atoms with van der Waals surface area (Å²) in [7, 11) is 0. The van der Waals surface area contributed by atoms with Gasteiger partial charge in [-0.3, -0.25) is 19.4 Å². The van der Waals surface area contributed by atoms with Crippen LogP contribution in [0, 0.1) is 5.82 Å². The Kier molecular flexibility index (Phi) is 6.42. The van der Waals surface area contributed by atoms with Gasteiger partial charge in [-0.05, 0) is 38.1 Å². The highest BCUT2D eigenvalue weighted by molar-refractivity contribution is 6.21. The Morgan fingerprint density at radius 1 is 1.08 bits per heavy atom. The predicted octanol–water partition coefficient (Wildman–Crippen LogP) is 1.79. The van der Waals surface area contributed by atoms with Gasteiger partial charge in [-0.1, -0.05) is 17.3 Å². The van der Waals surface area contributed by atoms with Crippen molar-refractivity contribution in [1.29, 1.82) is 0 Å². The molecule has 3 aliphatic heterocycles. The van der Waals surface area contributed by atoms with Crippen molar-refractivity contribution < 1.29 is 28.6 Å². The highest BCUT2D eigenvalue weighted by Gasteiger charge is 2.40. The molecule has 204 valence electrons. The molecule has 3 aromatic rings. The number of carbonyl (C=O) groups is 2. The van der Waals surface area contributed by atoms with Gasteiger partial charge < -0.3 is 19.5 Å². The topological polar surface area (TPSA) is 113 Å². The van der Waals surface area contributed by atoms with E-state index in [-0.39, 0.29) is 18.4 Å². The van der Waals surface area contributed by atoms with Crippen molar-refractivity contribution in [3.63, 3.8) is 0 Å². The minimum atomic E-state index is -0.789. The summed E-state index contributed by atoms with van der Waals surface area (Å²) in [4.78, 5) is 30.3. The molecule has 2 atom stereocenters. The van der Waals surface area contributed by atoms with Crippen molar-refractivity contribution in [2.24, 2.45) is 0 Å². The second-order valence-corrected chi connectivity index (χ2v) is 10.3. The molecule has 2 amide bonds. The van der Waals surface area contributed by atoms with Crippen LogP contribution in [-0.4, -0.2) is 92.6 Å². The molecule has 12 heteroatoms. The smallest absolute Gasteiger partial charge is 0.261 e. The summed E-state index contributed by atoms with van der Waals surface area (Å²) in [6.07, 6.45) is 0.365. The van der Waals surface area contributed by atoms with E-state index in [1.807, 2.05) is 23.6 Å². The quantitative estimate of drug-likeness (QED) is 0.471. The molecule has 2 aromatic carbocycles. The van der Waals surface area contributed by atoms with Crippen LogP contribution < -0.4 is 4.90 Å². The number of aliphatic hydroxyl groups is 1. The zero-order chi connectivity index (χ0) is 27.3. The van der Waals surface area contributed by atoms with Gasteiger partial charge in [-0.15, -0.1) is 5.10 Å². The second-order valence-electron chi connectivity index (χ2n) is 10.3. The van der Waals surface area contributed by atoms with Gasteiger partial charge >= 0.3 is 0 Å². The zero-order valence-electron chi connectivity index (χ0n) is 21.7. The molecule has 2 fully saturated rings. The first-order valence-corrected chi connectivity index (χ1v) is 12.9. The number of hydrogen-bond donors (Lipinski definition) is 1. The van der Waals surface area contributed by atoms with E-state index in [0.717, 1.165) is 4.90 Å². The molecule has 1 N–H and O–H groups in total. The van der Waals surface area contributed by atoms with Crippen LogP contribution >= 0.6 is 0 Å². The fourth-order valence-corrected chi connectivity index (χ4v) is 5.26. The summed E-state index contributed by atoms with van der Waals surface area (Å²) in [5.74, 6) is -1.87. The van der Waals surface area contributed by atoms with Crippen LogP contribution in [-0.2, 0) is 16.0 Å². The Morgan fingerprint density at radius 3 is 2.38 bits per heavy atom. The number of carbonyl (C=O) groups excluding carboxylic acids is 2. The monoisotopic (exact) mass is 536 g/mol. The highest BCUT2D eigenvalue weighted by atomic mass is 19.1. The highest BCUT2D eigenvalue weighted by Crippen LogP contribution is 2.28. The minimum Gasteiger partial charge on any atom is -0.376 e. The average Bonchev–Trinajstić information content (AvgIpc) is 3.62. The molecule has 1 aromatic heterocycles. The lowest BCUT2D eigenvalue weighted by atomic mass is 10.1. The van der Waals surface area contributed by atoms with Gasteiger partial charge in [0.15, 0.2) is 5.79 Å². The van der Waals surface area contributed by atoms with Crippen LogP contribution in [0.4, 0.5) is 10.1 Å². The molecule has 2 unspecified atom stereocenters. The lowest BCUT2D eigenvalue weighted by Crippen LogP contribution is -2.54.